The van der Waals surface area contributed by atoms with Crippen molar-refractivity contribution in [3.8, 4) is 0 Å². The van der Waals surface area contributed by atoms with E-state index in [9.17, 15) is 14.4 Å². The summed E-state index contributed by atoms with van der Waals surface area (Å²) in [7, 11) is 0. The van der Waals surface area contributed by atoms with Crippen LogP contribution in [0.3, 0.4) is 0 Å². The van der Waals surface area contributed by atoms with E-state index in [1.54, 1.807) is 4.90 Å². The highest BCUT2D eigenvalue weighted by molar-refractivity contribution is 6.05. The van der Waals surface area contributed by atoms with Gasteiger partial charge in [-0.2, -0.15) is 0 Å². The molecule has 2 fully saturated rings. The first kappa shape index (κ1) is 16.2. The third-order valence-electron chi connectivity index (χ3n) is 5.52. The van der Waals surface area contributed by atoms with Crippen molar-refractivity contribution in [3.05, 3.63) is 34.9 Å². The van der Waals surface area contributed by atoms with E-state index in [1.165, 1.54) is 0 Å². The first-order valence-corrected chi connectivity index (χ1v) is 8.79. The van der Waals surface area contributed by atoms with Gasteiger partial charge in [-0.15, -0.1) is 0 Å². The number of nitrogens with zero attached hydrogens (tertiary/aromatic N) is 1. The topological polar surface area (TPSA) is 105 Å². The third-order valence-corrected chi connectivity index (χ3v) is 5.52. The number of imide groups is 1. The van der Waals surface area contributed by atoms with Crippen molar-refractivity contribution >= 4 is 17.7 Å². The Morgan fingerprint density at radius 1 is 1.20 bits per heavy atom. The van der Waals surface area contributed by atoms with E-state index in [0.29, 0.717) is 31.1 Å². The molecule has 3 atom stereocenters. The predicted octanol–water partition coefficient (Wildman–Crippen LogP) is 0.0269. The van der Waals surface area contributed by atoms with Crippen molar-refractivity contribution in [2.75, 3.05) is 0 Å². The maximum absolute atomic E-state index is 12.9. The fourth-order valence-electron chi connectivity index (χ4n) is 3.86. The number of piperidine rings is 1. The smallest absolute Gasteiger partial charge is 0.255 e. The SMILES string of the molecule is N[C@@H]1CC[C@H]1NCc1cccc2c1C(=O)N(C1CCC(=O)NC1=O)C2. The number of nitrogens with two attached hydrogens (primary N) is 1. The molecular weight excluding hydrogens is 320 g/mol. The Bertz CT molecular complexity index is 748. The van der Waals surface area contributed by atoms with Crippen molar-refractivity contribution in [1.82, 2.24) is 15.5 Å². The molecule has 1 saturated heterocycles. The van der Waals surface area contributed by atoms with Gasteiger partial charge in [0, 0.05) is 37.2 Å². The minimum atomic E-state index is -0.571. The number of carbonyl (C=O) groups excluding carboxylic acids is 3. The van der Waals surface area contributed by atoms with Crippen molar-refractivity contribution < 1.29 is 14.4 Å². The van der Waals surface area contributed by atoms with Crippen LogP contribution in [0, 0.1) is 0 Å². The summed E-state index contributed by atoms with van der Waals surface area (Å²) in [6.07, 6.45) is 2.75. The molecule has 7 nitrogen and oxygen atoms in total. The van der Waals surface area contributed by atoms with E-state index in [0.717, 1.165) is 24.0 Å². The van der Waals surface area contributed by atoms with Gasteiger partial charge in [0.2, 0.25) is 11.8 Å². The number of amides is 3. The number of hydrogen-bond acceptors (Lipinski definition) is 5. The van der Waals surface area contributed by atoms with Gasteiger partial charge >= 0.3 is 0 Å². The lowest BCUT2D eigenvalue weighted by molar-refractivity contribution is -0.136. The van der Waals surface area contributed by atoms with Crippen LogP contribution in [-0.4, -0.2) is 40.7 Å². The summed E-state index contributed by atoms with van der Waals surface area (Å²) in [5, 5.41) is 5.76. The number of nitrogens with one attached hydrogen (secondary N) is 2. The maximum Gasteiger partial charge on any atom is 0.255 e. The Morgan fingerprint density at radius 2 is 2.04 bits per heavy atom. The molecule has 3 amide bonds. The third kappa shape index (κ3) is 2.83. The first-order chi connectivity index (χ1) is 12.0. The van der Waals surface area contributed by atoms with Gasteiger partial charge in [-0.1, -0.05) is 18.2 Å². The average molecular weight is 342 g/mol. The van der Waals surface area contributed by atoms with Gasteiger partial charge in [-0.25, -0.2) is 0 Å². The molecule has 1 aromatic rings. The van der Waals surface area contributed by atoms with Crippen LogP contribution in [0.15, 0.2) is 18.2 Å². The predicted molar refractivity (Wildman–Crippen MR) is 90.3 cm³/mol. The van der Waals surface area contributed by atoms with Crippen LogP contribution in [0.4, 0.5) is 0 Å². The van der Waals surface area contributed by atoms with Gasteiger partial charge in [-0.05, 0) is 30.4 Å². The van der Waals surface area contributed by atoms with Crippen molar-refractivity contribution in [2.45, 2.75) is 56.9 Å². The Balaban J connectivity index is 1.52. The van der Waals surface area contributed by atoms with E-state index < -0.39 is 6.04 Å². The zero-order valence-corrected chi connectivity index (χ0v) is 14.0. The van der Waals surface area contributed by atoms with Crippen LogP contribution in [0.1, 0.15) is 47.2 Å². The van der Waals surface area contributed by atoms with Gasteiger partial charge < -0.3 is 16.0 Å². The normalized spacial score (nSPS) is 28.6. The lowest BCUT2D eigenvalue weighted by Crippen LogP contribution is -2.53. The summed E-state index contributed by atoms with van der Waals surface area (Å²) in [5.41, 5.74) is 8.53. The molecule has 0 aromatic heterocycles. The van der Waals surface area contributed by atoms with Gasteiger partial charge in [0.15, 0.2) is 0 Å². The fourth-order valence-corrected chi connectivity index (χ4v) is 3.86. The standard InChI is InChI=1S/C18H22N4O3/c19-12-4-5-13(12)20-8-10-2-1-3-11-9-22(18(25)16(10)11)14-6-7-15(23)21-17(14)24/h1-3,12-14,20H,4-9,19H2,(H,21,23,24)/t12-,13-,14?/m1/s1. The van der Waals surface area contributed by atoms with E-state index in [2.05, 4.69) is 10.6 Å². The quantitative estimate of drug-likeness (QED) is 0.670. The Morgan fingerprint density at radius 3 is 2.72 bits per heavy atom. The minimum absolute atomic E-state index is 0.125. The number of carbonyl (C=O) groups is 3. The molecule has 4 rings (SSSR count). The molecule has 1 unspecified atom stereocenters. The maximum atomic E-state index is 12.9. The summed E-state index contributed by atoms with van der Waals surface area (Å²) in [5.74, 6) is -0.774. The van der Waals surface area contributed by atoms with Crippen LogP contribution in [-0.2, 0) is 22.7 Å². The second-order valence-corrected chi connectivity index (χ2v) is 7.08. The zero-order valence-electron chi connectivity index (χ0n) is 14.0. The molecule has 1 aromatic carbocycles. The van der Waals surface area contributed by atoms with E-state index in [-0.39, 0.29) is 30.2 Å². The molecule has 0 bridgehead atoms. The summed E-state index contributed by atoms with van der Waals surface area (Å²) < 4.78 is 0. The second-order valence-electron chi connectivity index (χ2n) is 7.08. The Labute approximate surface area is 145 Å². The molecule has 1 aliphatic carbocycles. The molecule has 0 spiro atoms. The molecule has 0 radical (unpaired) electrons. The molecule has 7 heteroatoms. The molecular formula is C18H22N4O3. The lowest BCUT2D eigenvalue weighted by atomic mass is 9.87. The van der Waals surface area contributed by atoms with Crippen molar-refractivity contribution in [1.29, 1.82) is 0 Å². The number of hydrogen-bond donors (Lipinski definition) is 3. The van der Waals surface area contributed by atoms with Gasteiger partial charge in [0.25, 0.3) is 5.91 Å². The van der Waals surface area contributed by atoms with E-state index >= 15 is 0 Å². The molecule has 132 valence electrons. The largest absolute Gasteiger partial charge is 0.326 e. The first-order valence-electron chi connectivity index (χ1n) is 8.79. The number of rotatable bonds is 4. The van der Waals surface area contributed by atoms with Gasteiger partial charge in [0.1, 0.15) is 6.04 Å². The van der Waals surface area contributed by atoms with Crippen molar-refractivity contribution in [2.24, 2.45) is 5.73 Å². The number of fused-ring (bicyclic) bond motifs is 1. The summed E-state index contributed by atoms with van der Waals surface area (Å²) in [4.78, 5) is 38.0. The monoisotopic (exact) mass is 342 g/mol. The summed E-state index contributed by atoms with van der Waals surface area (Å²) in [6.45, 7) is 1.01. The van der Waals surface area contributed by atoms with Gasteiger partial charge in [0.05, 0.1) is 0 Å². The van der Waals surface area contributed by atoms with Crippen LogP contribution in [0.5, 0.6) is 0 Å². The van der Waals surface area contributed by atoms with E-state index in [4.69, 9.17) is 5.73 Å². The molecule has 25 heavy (non-hydrogen) atoms. The van der Waals surface area contributed by atoms with Crippen LogP contribution < -0.4 is 16.4 Å². The second kappa shape index (κ2) is 6.24. The highest BCUT2D eigenvalue weighted by Crippen LogP contribution is 2.30. The van der Waals surface area contributed by atoms with Crippen LogP contribution >= 0.6 is 0 Å². The summed E-state index contributed by atoms with van der Waals surface area (Å²) in [6, 6.07) is 5.74. The van der Waals surface area contributed by atoms with Crippen LogP contribution in [0.2, 0.25) is 0 Å². The highest BCUT2D eigenvalue weighted by atomic mass is 16.2. The Hall–Kier alpha value is -2.25. The fraction of sp³-hybridized carbons (Fsp3) is 0.500. The van der Waals surface area contributed by atoms with E-state index in [1.807, 2.05) is 18.2 Å². The van der Waals surface area contributed by atoms with Gasteiger partial charge in [-0.3, -0.25) is 19.7 Å². The molecule has 1 saturated carbocycles. The van der Waals surface area contributed by atoms with Crippen molar-refractivity contribution in [3.63, 3.8) is 0 Å². The minimum Gasteiger partial charge on any atom is -0.326 e. The molecule has 2 aliphatic heterocycles. The molecule has 2 heterocycles. The zero-order chi connectivity index (χ0) is 17.6. The molecule has 3 aliphatic rings. The molecule has 4 N–H and O–H groups in total. The average Bonchev–Trinajstić information content (AvgIpc) is 2.91. The lowest BCUT2D eigenvalue weighted by Gasteiger charge is -2.34. The highest BCUT2D eigenvalue weighted by Gasteiger charge is 2.40. The van der Waals surface area contributed by atoms with Crippen LogP contribution in [0.25, 0.3) is 0 Å². The number of benzene rings is 1. The summed E-state index contributed by atoms with van der Waals surface area (Å²) >= 11 is 0. The Kier molecular flexibility index (Phi) is 4.05.